The van der Waals surface area contributed by atoms with Crippen molar-refractivity contribution in [2.45, 2.75) is 13.3 Å². The lowest BCUT2D eigenvalue weighted by atomic mass is 10.2. The second kappa shape index (κ2) is 7.13. The zero-order chi connectivity index (χ0) is 13.5. The van der Waals surface area contributed by atoms with Gasteiger partial charge in [-0.25, -0.2) is 4.39 Å². The third-order valence-electron chi connectivity index (χ3n) is 2.33. The molecular weight excluding hydrogens is 261 g/mol. The predicted octanol–water partition coefficient (Wildman–Crippen LogP) is 2.80. The van der Waals surface area contributed by atoms with E-state index in [1.54, 1.807) is 0 Å². The molecule has 0 aliphatic rings. The maximum atomic E-state index is 13.1. The lowest BCUT2D eigenvalue weighted by molar-refractivity contribution is -0.384. The summed E-state index contributed by atoms with van der Waals surface area (Å²) < 4.78 is 13.1. The summed E-state index contributed by atoms with van der Waals surface area (Å²) in [5.74, 6) is -0.790. The summed E-state index contributed by atoms with van der Waals surface area (Å²) in [7, 11) is 0. The van der Waals surface area contributed by atoms with Crippen LogP contribution in [0.3, 0.4) is 0 Å². The first-order valence-corrected chi connectivity index (χ1v) is 6.02. The van der Waals surface area contributed by atoms with Gasteiger partial charge in [0.15, 0.2) is 0 Å². The van der Waals surface area contributed by atoms with Crippen molar-refractivity contribution in [1.82, 2.24) is 5.32 Å². The number of nitrogens with zero attached hydrogens (tertiary/aromatic N) is 1. The van der Waals surface area contributed by atoms with Crippen LogP contribution in [0.1, 0.15) is 13.3 Å². The molecule has 0 spiro atoms. The number of benzene rings is 1. The molecule has 0 aliphatic heterocycles. The molecule has 0 heterocycles. The molecule has 0 amide bonds. The Morgan fingerprint density at radius 1 is 1.44 bits per heavy atom. The van der Waals surface area contributed by atoms with Gasteiger partial charge in [0.05, 0.1) is 16.0 Å². The second-order valence-electron chi connectivity index (χ2n) is 3.67. The first-order chi connectivity index (χ1) is 8.56. The van der Waals surface area contributed by atoms with Crippen LogP contribution in [-0.4, -0.2) is 24.6 Å². The lowest BCUT2D eigenvalue weighted by Crippen LogP contribution is -2.17. The van der Waals surface area contributed by atoms with Crippen LogP contribution in [0.4, 0.5) is 15.8 Å². The van der Waals surface area contributed by atoms with Crippen molar-refractivity contribution in [3.63, 3.8) is 0 Å². The molecule has 0 aromatic heterocycles. The molecule has 0 aliphatic carbocycles. The van der Waals surface area contributed by atoms with Crippen LogP contribution in [0.25, 0.3) is 0 Å². The molecule has 2 N–H and O–H groups in total. The Morgan fingerprint density at radius 2 is 2.17 bits per heavy atom. The smallest absolute Gasteiger partial charge is 0.295 e. The minimum atomic E-state index is -0.790. The fourth-order valence-corrected chi connectivity index (χ4v) is 1.61. The van der Waals surface area contributed by atoms with Crippen LogP contribution < -0.4 is 10.6 Å². The molecule has 0 unspecified atom stereocenters. The highest BCUT2D eigenvalue weighted by Gasteiger charge is 2.17. The molecule has 1 aromatic carbocycles. The molecule has 1 rings (SSSR count). The molecule has 0 radical (unpaired) electrons. The molecule has 5 nitrogen and oxygen atoms in total. The summed E-state index contributed by atoms with van der Waals surface area (Å²) in [5, 5.41) is 16.7. The Labute approximate surface area is 109 Å². The van der Waals surface area contributed by atoms with Gasteiger partial charge in [-0.15, -0.1) is 0 Å². The van der Waals surface area contributed by atoms with Crippen LogP contribution in [0, 0.1) is 15.9 Å². The van der Waals surface area contributed by atoms with E-state index in [2.05, 4.69) is 10.6 Å². The molecule has 7 heteroatoms. The average molecular weight is 276 g/mol. The minimum Gasteiger partial charge on any atom is -0.379 e. The summed E-state index contributed by atoms with van der Waals surface area (Å²) in [4.78, 5) is 10.1. The third kappa shape index (κ3) is 4.12. The maximum absolute atomic E-state index is 13.1. The summed E-state index contributed by atoms with van der Waals surface area (Å²) >= 11 is 5.60. The Balaban J connectivity index is 2.68. The molecule has 1 aromatic rings. The first kappa shape index (κ1) is 14.7. The van der Waals surface area contributed by atoms with E-state index in [1.807, 2.05) is 6.92 Å². The van der Waals surface area contributed by atoms with Crippen molar-refractivity contribution in [3.05, 3.63) is 33.1 Å². The SMILES string of the molecule is CCNCCCNc1cc(Cl)c(F)cc1[N+](=O)[O-]. The topological polar surface area (TPSA) is 67.2 Å². The first-order valence-electron chi connectivity index (χ1n) is 5.64. The van der Waals surface area contributed by atoms with E-state index in [9.17, 15) is 14.5 Å². The van der Waals surface area contributed by atoms with Crippen LogP contribution in [0.2, 0.25) is 5.02 Å². The molecule has 0 bridgehead atoms. The molecule has 0 saturated heterocycles. The highest BCUT2D eigenvalue weighted by Crippen LogP contribution is 2.30. The zero-order valence-corrected chi connectivity index (χ0v) is 10.8. The number of anilines is 1. The minimum absolute atomic E-state index is 0.130. The summed E-state index contributed by atoms with van der Waals surface area (Å²) in [6.07, 6.45) is 0.806. The summed E-state index contributed by atoms with van der Waals surface area (Å²) in [6, 6.07) is 2.07. The maximum Gasteiger partial charge on any atom is 0.295 e. The second-order valence-corrected chi connectivity index (χ2v) is 4.08. The molecule has 0 saturated carbocycles. The van der Waals surface area contributed by atoms with Gasteiger partial charge in [-0.1, -0.05) is 18.5 Å². The summed E-state index contributed by atoms with van der Waals surface area (Å²) in [6.45, 7) is 4.24. The van der Waals surface area contributed by atoms with Gasteiger partial charge in [-0.2, -0.15) is 0 Å². The van der Waals surface area contributed by atoms with E-state index < -0.39 is 10.7 Å². The van der Waals surface area contributed by atoms with Crippen LogP contribution in [0.15, 0.2) is 12.1 Å². The Bertz CT molecular complexity index is 429. The van der Waals surface area contributed by atoms with E-state index >= 15 is 0 Å². The highest BCUT2D eigenvalue weighted by atomic mass is 35.5. The van der Waals surface area contributed by atoms with Crippen molar-refractivity contribution >= 4 is 23.0 Å². The van der Waals surface area contributed by atoms with E-state index in [0.717, 1.165) is 25.6 Å². The number of hydrogen-bond acceptors (Lipinski definition) is 4. The standard InChI is InChI=1S/C11H15ClFN3O2/c1-2-14-4-3-5-15-10-6-8(12)9(13)7-11(10)16(17)18/h6-7,14-15H,2-5H2,1H3. The van der Waals surface area contributed by atoms with Crippen molar-refractivity contribution in [1.29, 1.82) is 0 Å². The lowest BCUT2D eigenvalue weighted by Gasteiger charge is -2.08. The van der Waals surface area contributed by atoms with Gasteiger partial charge < -0.3 is 10.6 Å². The quantitative estimate of drug-likeness (QED) is 0.456. The molecule has 0 fully saturated rings. The Hall–Kier alpha value is -1.40. The van der Waals surface area contributed by atoms with Crippen molar-refractivity contribution in [2.24, 2.45) is 0 Å². The highest BCUT2D eigenvalue weighted by molar-refractivity contribution is 6.31. The van der Waals surface area contributed by atoms with Gasteiger partial charge >= 0.3 is 0 Å². The molecular formula is C11H15ClFN3O2. The normalized spacial score (nSPS) is 10.4. The van der Waals surface area contributed by atoms with Gasteiger partial charge in [-0.3, -0.25) is 10.1 Å². The number of rotatable bonds is 7. The summed E-state index contributed by atoms with van der Waals surface area (Å²) in [5.41, 5.74) is -0.0664. The van der Waals surface area contributed by atoms with Gasteiger partial charge in [0.1, 0.15) is 11.5 Å². The van der Waals surface area contributed by atoms with Gasteiger partial charge in [0, 0.05) is 6.54 Å². The number of halogens is 2. The van der Waals surface area contributed by atoms with Crippen molar-refractivity contribution < 1.29 is 9.31 Å². The van der Waals surface area contributed by atoms with E-state index in [4.69, 9.17) is 11.6 Å². The number of hydrogen-bond donors (Lipinski definition) is 2. The van der Waals surface area contributed by atoms with Gasteiger partial charge in [0.25, 0.3) is 5.69 Å². The van der Waals surface area contributed by atoms with Crippen LogP contribution in [0.5, 0.6) is 0 Å². The van der Waals surface area contributed by atoms with E-state index in [-0.39, 0.29) is 16.4 Å². The molecule has 100 valence electrons. The van der Waals surface area contributed by atoms with Gasteiger partial charge in [-0.05, 0) is 25.6 Å². The predicted molar refractivity (Wildman–Crippen MR) is 69.7 cm³/mol. The average Bonchev–Trinajstić information content (AvgIpc) is 2.32. The van der Waals surface area contributed by atoms with E-state index in [1.165, 1.54) is 6.07 Å². The van der Waals surface area contributed by atoms with Crippen molar-refractivity contribution in [2.75, 3.05) is 25.0 Å². The van der Waals surface area contributed by atoms with Crippen molar-refractivity contribution in [3.8, 4) is 0 Å². The fourth-order valence-electron chi connectivity index (χ4n) is 1.44. The zero-order valence-electron chi connectivity index (χ0n) is 10.0. The molecule has 18 heavy (non-hydrogen) atoms. The van der Waals surface area contributed by atoms with Crippen LogP contribution >= 0.6 is 11.6 Å². The number of nitro groups is 1. The largest absolute Gasteiger partial charge is 0.379 e. The van der Waals surface area contributed by atoms with Gasteiger partial charge in [0.2, 0.25) is 0 Å². The Kier molecular flexibility index (Phi) is 5.80. The number of nitro benzene ring substituents is 1. The van der Waals surface area contributed by atoms with Crippen LogP contribution in [-0.2, 0) is 0 Å². The fraction of sp³-hybridized carbons (Fsp3) is 0.455. The third-order valence-corrected chi connectivity index (χ3v) is 2.62. The Morgan fingerprint density at radius 3 is 2.78 bits per heavy atom. The van der Waals surface area contributed by atoms with E-state index in [0.29, 0.717) is 6.54 Å². The number of nitrogens with one attached hydrogen (secondary N) is 2. The monoisotopic (exact) mass is 275 g/mol. The molecule has 0 atom stereocenters.